The third kappa shape index (κ3) is 3.89. The van der Waals surface area contributed by atoms with E-state index in [0.717, 1.165) is 24.2 Å². The van der Waals surface area contributed by atoms with Crippen molar-refractivity contribution in [2.75, 3.05) is 19.5 Å². The van der Waals surface area contributed by atoms with Crippen LogP contribution in [-0.4, -0.2) is 36.4 Å². The molecule has 1 saturated carbocycles. The monoisotopic (exact) mass is 295 g/mol. The second-order valence-electron chi connectivity index (χ2n) is 5.24. The number of rotatable bonds is 6. The number of nitrogens with zero attached hydrogens (tertiary/aromatic N) is 1. The summed E-state index contributed by atoms with van der Waals surface area (Å²) in [5.74, 6) is 1.50. The molecule has 2 rings (SSSR count). The average molecular weight is 296 g/mol. The summed E-state index contributed by atoms with van der Waals surface area (Å²) in [4.78, 5) is 14.5. The van der Waals surface area contributed by atoms with E-state index in [4.69, 9.17) is 16.3 Å². The van der Waals surface area contributed by atoms with E-state index in [1.54, 1.807) is 7.11 Å². The van der Waals surface area contributed by atoms with Crippen LogP contribution in [0, 0.1) is 0 Å². The van der Waals surface area contributed by atoms with Gasteiger partial charge in [0.05, 0.1) is 13.5 Å². The lowest BCUT2D eigenvalue weighted by molar-refractivity contribution is -0.132. The number of benzene rings is 1. The Morgan fingerprint density at radius 1 is 1.30 bits per heavy atom. The molecule has 1 amide bonds. The Labute approximate surface area is 125 Å². The highest BCUT2D eigenvalue weighted by atomic mass is 35.5. The van der Waals surface area contributed by atoms with Crippen molar-refractivity contribution in [3.05, 3.63) is 29.8 Å². The first-order valence-corrected chi connectivity index (χ1v) is 7.76. The lowest BCUT2D eigenvalue weighted by Crippen LogP contribution is -2.41. The molecule has 0 heterocycles. The molecule has 3 nitrogen and oxygen atoms in total. The molecular weight excluding hydrogens is 274 g/mol. The number of ether oxygens (including phenoxy) is 1. The maximum Gasteiger partial charge on any atom is 0.227 e. The van der Waals surface area contributed by atoms with Gasteiger partial charge in [-0.3, -0.25) is 4.79 Å². The van der Waals surface area contributed by atoms with Crippen molar-refractivity contribution >= 4 is 17.5 Å². The van der Waals surface area contributed by atoms with E-state index in [9.17, 15) is 4.79 Å². The zero-order valence-electron chi connectivity index (χ0n) is 12.0. The average Bonchev–Trinajstić information content (AvgIpc) is 2.99. The van der Waals surface area contributed by atoms with Gasteiger partial charge in [-0.2, -0.15) is 0 Å². The highest BCUT2D eigenvalue weighted by Crippen LogP contribution is 2.24. The number of hydrogen-bond acceptors (Lipinski definition) is 2. The molecule has 0 atom stereocenters. The normalized spacial score (nSPS) is 15.3. The Balaban J connectivity index is 1.99. The van der Waals surface area contributed by atoms with Gasteiger partial charge in [0.2, 0.25) is 5.91 Å². The number of amides is 1. The lowest BCUT2D eigenvalue weighted by atomic mass is 10.1. The molecule has 1 aliphatic rings. The van der Waals surface area contributed by atoms with Crippen LogP contribution < -0.4 is 4.74 Å². The smallest absolute Gasteiger partial charge is 0.227 e. The standard InChI is InChI=1S/C16H22ClNO2/c1-20-15-8-6-13(7-9-15)12-16(19)18(11-10-17)14-4-2-3-5-14/h6-9,14H,2-5,10-12H2,1H3. The van der Waals surface area contributed by atoms with Gasteiger partial charge in [-0.25, -0.2) is 0 Å². The number of methoxy groups -OCH3 is 1. The first kappa shape index (κ1) is 15.2. The van der Waals surface area contributed by atoms with E-state index in [1.165, 1.54) is 12.8 Å². The summed E-state index contributed by atoms with van der Waals surface area (Å²) in [5.41, 5.74) is 1.02. The molecule has 0 aromatic heterocycles. The Morgan fingerprint density at radius 2 is 1.95 bits per heavy atom. The van der Waals surface area contributed by atoms with Crippen LogP contribution in [-0.2, 0) is 11.2 Å². The van der Waals surface area contributed by atoms with Gasteiger partial charge in [-0.1, -0.05) is 25.0 Å². The van der Waals surface area contributed by atoms with E-state index in [2.05, 4.69) is 0 Å². The highest BCUT2D eigenvalue weighted by molar-refractivity contribution is 6.18. The second-order valence-corrected chi connectivity index (χ2v) is 5.62. The van der Waals surface area contributed by atoms with E-state index >= 15 is 0 Å². The van der Waals surface area contributed by atoms with Crippen LogP contribution in [0.4, 0.5) is 0 Å². The molecule has 1 aromatic rings. The fraction of sp³-hybridized carbons (Fsp3) is 0.562. The van der Waals surface area contributed by atoms with Crippen molar-refractivity contribution in [2.24, 2.45) is 0 Å². The lowest BCUT2D eigenvalue weighted by Gasteiger charge is -2.28. The summed E-state index contributed by atoms with van der Waals surface area (Å²) in [5, 5.41) is 0. The minimum Gasteiger partial charge on any atom is -0.497 e. The molecule has 0 N–H and O–H groups in total. The minimum atomic E-state index is 0.183. The van der Waals surface area contributed by atoms with E-state index < -0.39 is 0 Å². The molecule has 20 heavy (non-hydrogen) atoms. The number of halogens is 1. The van der Waals surface area contributed by atoms with Crippen LogP contribution in [0.15, 0.2) is 24.3 Å². The van der Waals surface area contributed by atoms with Gasteiger partial charge in [0.1, 0.15) is 5.75 Å². The number of carbonyl (C=O) groups excluding carboxylic acids is 1. The van der Waals surface area contributed by atoms with Gasteiger partial charge in [0, 0.05) is 18.5 Å². The van der Waals surface area contributed by atoms with Crippen molar-refractivity contribution in [1.29, 1.82) is 0 Å². The highest BCUT2D eigenvalue weighted by Gasteiger charge is 2.25. The fourth-order valence-electron chi connectivity index (χ4n) is 2.84. The van der Waals surface area contributed by atoms with E-state index in [-0.39, 0.29) is 5.91 Å². The summed E-state index contributed by atoms with van der Waals surface area (Å²) >= 11 is 5.85. The Kier molecular flexibility index (Phi) is 5.72. The summed E-state index contributed by atoms with van der Waals surface area (Å²) in [6, 6.07) is 8.07. The number of carbonyl (C=O) groups is 1. The maximum absolute atomic E-state index is 12.5. The van der Waals surface area contributed by atoms with Crippen molar-refractivity contribution in [1.82, 2.24) is 4.90 Å². The first-order chi connectivity index (χ1) is 9.74. The number of alkyl halides is 1. The maximum atomic E-state index is 12.5. The van der Waals surface area contributed by atoms with Gasteiger partial charge in [0.25, 0.3) is 0 Å². The predicted molar refractivity (Wildman–Crippen MR) is 81.4 cm³/mol. The topological polar surface area (TPSA) is 29.5 Å². The van der Waals surface area contributed by atoms with Crippen LogP contribution in [0.1, 0.15) is 31.2 Å². The SMILES string of the molecule is COc1ccc(CC(=O)N(CCCl)C2CCCC2)cc1. The van der Waals surface area contributed by atoms with Gasteiger partial charge >= 0.3 is 0 Å². The Bertz CT molecular complexity index is 427. The van der Waals surface area contributed by atoms with E-state index in [1.807, 2.05) is 29.2 Å². The molecule has 4 heteroatoms. The van der Waals surface area contributed by atoms with Crippen molar-refractivity contribution in [3.8, 4) is 5.75 Å². The van der Waals surface area contributed by atoms with Gasteiger partial charge in [-0.05, 0) is 30.5 Å². The molecule has 1 aliphatic carbocycles. The van der Waals surface area contributed by atoms with E-state index in [0.29, 0.717) is 24.9 Å². The van der Waals surface area contributed by atoms with Gasteiger partial charge in [-0.15, -0.1) is 11.6 Å². The molecule has 0 spiro atoms. The summed E-state index contributed by atoms with van der Waals surface area (Å²) in [7, 11) is 1.64. The van der Waals surface area contributed by atoms with Crippen LogP contribution in [0.5, 0.6) is 5.75 Å². The molecule has 1 fully saturated rings. The molecule has 0 aliphatic heterocycles. The third-order valence-corrected chi connectivity index (χ3v) is 4.09. The quantitative estimate of drug-likeness (QED) is 0.754. The Morgan fingerprint density at radius 3 is 2.50 bits per heavy atom. The fourth-order valence-corrected chi connectivity index (χ4v) is 3.02. The van der Waals surface area contributed by atoms with Crippen LogP contribution >= 0.6 is 11.6 Å². The molecule has 0 radical (unpaired) electrons. The molecular formula is C16H22ClNO2. The molecule has 110 valence electrons. The predicted octanol–water partition coefficient (Wildman–Crippen LogP) is 3.25. The van der Waals surface area contributed by atoms with Gasteiger partial charge in [0.15, 0.2) is 0 Å². The second kappa shape index (κ2) is 7.53. The minimum absolute atomic E-state index is 0.183. The zero-order valence-corrected chi connectivity index (χ0v) is 12.7. The van der Waals surface area contributed by atoms with Crippen molar-refractivity contribution < 1.29 is 9.53 Å². The molecule has 0 bridgehead atoms. The zero-order chi connectivity index (χ0) is 14.4. The molecule has 1 aromatic carbocycles. The number of hydrogen-bond donors (Lipinski definition) is 0. The third-order valence-electron chi connectivity index (χ3n) is 3.93. The van der Waals surface area contributed by atoms with Crippen molar-refractivity contribution in [3.63, 3.8) is 0 Å². The molecule has 0 unspecified atom stereocenters. The van der Waals surface area contributed by atoms with Crippen molar-refractivity contribution in [2.45, 2.75) is 38.1 Å². The largest absolute Gasteiger partial charge is 0.497 e. The Hall–Kier alpha value is -1.22. The van der Waals surface area contributed by atoms with Crippen LogP contribution in [0.2, 0.25) is 0 Å². The first-order valence-electron chi connectivity index (χ1n) is 7.23. The van der Waals surface area contributed by atoms with Gasteiger partial charge < -0.3 is 9.64 Å². The summed E-state index contributed by atoms with van der Waals surface area (Å²) < 4.78 is 5.13. The summed E-state index contributed by atoms with van der Waals surface area (Å²) in [6.45, 7) is 0.654. The molecule has 0 saturated heterocycles. The van der Waals surface area contributed by atoms with Crippen LogP contribution in [0.3, 0.4) is 0 Å². The summed E-state index contributed by atoms with van der Waals surface area (Å²) in [6.07, 6.45) is 5.12. The van der Waals surface area contributed by atoms with Crippen LogP contribution in [0.25, 0.3) is 0 Å².